The van der Waals surface area contributed by atoms with Gasteiger partial charge in [0.15, 0.2) is 5.92 Å². The molecule has 3 amide bonds. The fourth-order valence-corrected chi connectivity index (χ4v) is 5.21. The number of para-hydroxylation sites is 1. The highest BCUT2D eigenvalue weighted by Crippen LogP contribution is 2.29. The Morgan fingerprint density at radius 1 is 1.31 bits per heavy atom. The highest BCUT2D eigenvalue weighted by molar-refractivity contribution is 6.35. The lowest BCUT2D eigenvalue weighted by molar-refractivity contribution is -0.139. The number of rotatable bonds is 7. The van der Waals surface area contributed by atoms with Gasteiger partial charge < -0.3 is 30.7 Å². The van der Waals surface area contributed by atoms with Crippen LogP contribution in [0.15, 0.2) is 24.4 Å². The van der Waals surface area contributed by atoms with E-state index in [9.17, 15) is 19.6 Å². The molecule has 3 unspecified atom stereocenters. The summed E-state index contributed by atoms with van der Waals surface area (Å²) in [5, 5.41) is 14.2. The van der Waals surface area contributed by atoms with Crippen LogP contribution >= 0.6 is 11.6 Å². The molecule has 4 N–H and O–H groups in total. The number of amides is 3. The number of carbonyl (C=O) groups excluding carboxylic acids is 3. The highest BCUT2D eigenvalue weighted by atomic mass is 35.5. The molecule has 0 saturated carbocycles. The number of carbonyl (C=O) groups is 3. The van der Waals surface area contributed by atoms with Gasteiger partial charge in [0, 0.05) is 50.7 Å². The summed E-state index contributed by atoms with van der Waals surface area (Å²) in [6.45, 7) is 1.96. The molecule has 0 radical (unpaired) electrons. The van der Waals surface area contributed by atoms with Crippen LogP contribution in [0.1, 0.15) is 32.1 Å². The smallest absolute Gasteiger partial charge is 0.243 e. The largest absolute Gasteiger partial charge is 0.367 e. The van der Waals surface area contributed by atoms with Crippen molar-refractivity contribution in [2.75, 3.05) is 38.5 Å². The topological polar surface area (TPSA) is 139 Å². The molecule has 3 heterocycles. The van der Waals surface area contributed by atoms with Gasteiger partial charge in [-0.15, -0.1) is 0 Å². The zero-order valence-electron chi connectivity index (χ0n) is 20.4. The molecule has 2 fully saturated rings. The minimum absolute atomic E-state index is 0.0244. The Labute approximate surface area is 215 Å². The number of likely N-dealkylation sites (tertiary alicyclic amines) is 2. The molecule has 2 aliphatic rings. The second kappa shape index (κ2) is 11.2. The second-order valence-corrected chi connectivity index (χ2v) is 9.88. The molecule has 0 spiro atoms. The first-order valence-corrected chi connectivity index (χ1v) is 12.7. The molecular weight excluding hydrogens is 482 g/mol. The first-order valence-electron chi connectivity index (χ1n) is 12.3. The molecule has 4 rings (SSSR count). The Morgan fingerprint density at radius 2 is 2.06 bits per heavy atom. The predicted molar refractivity (Wildman–Crippen MR) is 137 cm³/mol. The summed E-state index contributed by atoms with van der Waals surface area (Å²) in [6.07, 6.45) is 3.95. The summed E-state index contributed by atoms with van der Waals surface area (Å²) in [4.78, 5) is 46.5. The van der Waals surface area contributed by atoms with Crippen LogP contribution in [0, 0.1) is 17.2 Å². The van der Waals surface area contributed by atoms with Crippen LogP contribution in [0.2, 0.25) is 5.02 Å². The lowest BCUT2D eigenvalue weighted by atomic mass is 10.0. The number of anilines is 1. The van der Waals surface area contributed by atoms with Gasteiger partial charge in [-0.25, -0.2) is 0 Å². The van der Waals surface area contributed by atoms with Crippen molar-refractivity contribution in [1.29, 1.82) is 5.26 Å². The molecular formula is C25H32ClN7O3. The summed E-state index contributed by atoms with van der Waals surface area (Å²) in [5.74, 6) is -1.65. The van der Waals surface area contributed by atoms with Crippen LogP contribution < -0.4 is 11.1 Å². The van der Waals surface area contributed by atoms with Crippen LogP contribution in [0.4, 0.5) is 5.69 Å². The maximum atomic E-state index is 13.3. The Hall–Kier alpha value is -3.29. The number of aromatic nitrogens is 1. The van der Waals surface area contributed by atoms with Gasteiger partial charge in [0.25, 0.3) is 0 Å². The molecule has 2 aromatic rings. The van der Waals surface area contributed by atoms with E-state index in [0.717, 1.165) is 36.8 Å². The normalized spacial score (nSPS) is 20.1. The van der Waals surface area contributed by atoms with E-state index in [1.807, 2.05) is 18.2 Å². The summed E-state index contributed by atoms with van der Waals surface area (Å²) in [6, 6.07) is 7.28. The molecule has 3 atom stereocenters. The number of nitrogens with two attached hydrogens (primary N) is 1. The zero-order chi connectivity index (χ0) is 25.8. The predicted octanol–water partition coefficient (Wildman–Crippen LogP) is 2.12. The first-order chi connectivity index (χ1) is 17.3. The second-order valence-electron chi connectivity index (χ2n) is 9.48. The number of nitrogens with one attached hydrogen (secondary N) is 2. The Bertz CT molecular complexity index is 1170. The SMILES string of the molecule is CN(C(=O)C(C#N)C(N)Nc1cccc2c(Cl)c[nH]c12)C1CCC(=O)N(CC(=O)N2CCCC2)CC1. The zero-order valence-corrected chi connectivity index (χ0v) is 21.1. The van der Waals surface area contributed by atoms with Crippen molar-refractivity contribution in [1.82, 2.24) is 19.7 Å². The molecule has 0 bridgehead atoms. The van der Waals surface area contributed by atoms with Crippen molar-refractivity contribution in [2.45, 2.75) is 44.3 Å². The van der Waals surface area contributed by atoms with E-state index in [1.54, 1.807) is 29.1 Å². The number of benzene rings is 1. The molecule has 36 heavy (non-hydrogen) atoms. The van der Waals surface area contributed by atoms with E-state index in [-0.39, 0.29) is 30.8 Å². The highest BCUT2D eigenvalue weighted by Gasteiger charge is 2.34. The van der Waals surface area contributed by atoms with Gasteiger partial charge in [-0.1, -0.05) is 23.7 Å². The number of hydrogen-bond acceptors (Lipinski definition) is 6. The maximum absolute atomic E-state index is 13.3. The lowest BCUT2D eigenvalue weighted by Gasteiger charge is -2.31. The van der Waals surface area contributed by atoms with E-state index < -0.39 is 18.0 Å². The van der Waals surface area contributed by atoms with E-state index in [4.69, 9.17) is 17.3 Å². The minimum Gasteiger partial charge on any atom is -0.367 e. The molecule has 2 aliphatic heterocycles. The fraction of sp³-hybridized carbons (Fsp3) is 0.520. The van der Waals surface area contributed by atoms with Gasteiger partial charge >= 0.3 is 0 Å². The Morgan fingerprint density at radius 3 is 2.78 bits per heavy atom. The number of nitrogens with zero attached hydrogens (tertiary/aromatic N) is 4. The van der Waals surface area contributed by atoms with Crippen molar-refractivity contribution in [3.63, 3.8) is 0 Å². The van der Waals surface area contributed by atoms with E-state index in [0.29, 0.717) is 30.1 Å². The van der Waals surface area contributed by atoms with Crippen LogP contribution in [0.5, 0.6) is 0 Å². The van der Waals surface area contributed by atoms with Crippen LogP contribution in [-0.2, 0) is 14.4 Å². The van der Waals surface area contributed by atoms with Crippen molar-refractivity contribution in [2.24, 2.45) is 11.7 Å². The average molecular weight is 514 g/mol. The van der Waals surface area contributed by atoms with Gasteiger partial charge in [-0.3, -0.25) is 14.4 Å². The monoisotopic (exact) mass is 513 g/mol. The lowest BCUT2D eigenvalue weighted by Crippen LogP contribution is -2.49. The standard InChI is InChI=1S/C25H32ClN7O3/c1-31(16-7-8-21(34)33(12-9-16)15-22(35)32-10-2-3-11-32)25(36)18(13-27)24(28)30-20-6-4-5-17-19(26)14-29-23(17)20/h4-6,14,16,18,24,29-30H,2-3,7-12,15,28H2,1H3. The maximum Gasteiger partial charge on any atom is 0.243 e. The van der Waals surface area contributed by atoms with Gasteiger partial charge in [0.1, 0.15) is 0 Å². The van der Waals surface area contributed by atoms with Crippen molar-refractivity contribution >= 4 is 45.9 Å². The van der Waals surface area contributed by atoms with Crippen LogP contribution in [0.25, 0.3) is 10.9 Å². The molecule has 1 aromatic heterocycles. The summed E-state index contributed by atoms with van der Waals surface area (Å²) >= 11 is 6.19. The average Bonchev–Trinajstić information content (AvgIpc) is 3.50. The van der Waals surface area contributed by atoms with Gasteiger partial charge in [-0.2, -0.15) is 5.26 Å². The summed E-state index contributed by atoms with van der Waals surface area (Å²) in [5.41, 5.74) is 7.66. The Balaban J connectivity index is 1.38. The third-order valence-electron chi connectivity index (χ3n) is 7.21. The number of hydrogen-bond donors (Lipinski definition) is 3. The van der Waals surface area contributed by atoms with Crippen LogP contribution in [0.3, 0.4) is 0 Å². The molecule has 10 nitrogen and oxygen atoms in total. The Kier molecular flexibility index (Phi) is 8.01. The third-order valence-corrected chi connectivity index (χ3v) is 7.52. The van der Waals surface area contributed by atoms with Gasteiger partial charge in [0.2, 0.25) is 17.7 Å². The van der Waals surface area contributed by atoms with Gasteiger partial charge in [0.05, 0.1) is 35.0 Å². The quantitative estimate of drug-likeness (QED) is 0.485. The van der Waals surface area contributed by atoms with Crippen molar-refractivity contribution < 1.29 is 14.4 Å². The van der Waals surface area contributed by atoms with E-state index in [1.165, 1.54) is 4.90 Å². The summed E-state index contributed by atoms with van der Waals surface area (Å²) < 4.78 is 0. The van der Waals surface area contributed by atoms with Crippen molar-refractivity contribution in [3.05, 3.63) is 29.4 Å². The summed E-state index contributed by atoms with van der Waals surface area (Å²) in [7, 11) is 1.64. The fourth-order valence-electron chi connectivity index (χ4n) is 5.00. The molecule has 11 heteroatoms. The molecule has 2 saturated heterocycles. The van der Waals surface area contributed by atoms with E-state index in [2.05, 4.69) is 10.3 Å². The molecule has 192 valence electrons. The number of halogens is 1. The third kappa shape index (κ3) is 5.42. The van der Waals surface area contributed by atoms with E-state index >= 15 is 0 Å². The number of aromatic amines is 1. The van der Waals surface area contributed by atoms with Gasteiger partial charge in [-0.05, 0) is 31.7 Å². The van der Waals surface area contributed by atoms with Crippen LogP contribution in [-0.4, -0.2) is 82.8 Å². The number of fused-ring (bicyclic) bond motifs is 1. The minimum atomic E-state index is -1.14. The number of nitriles is 1. The molecule has 0 aliphatic carbocycles. The first kappa shape index (κ1) is 25.8. The molecule has 1 aromatic carbocycles. The number of H-pyrrole nitrogens is 1. The van der Waals surface area contributed by atoms with Crippen molar-refractivity contribution in [3.8, 4) is 6.07 Å².